The lowest BCUT2D eigenvalue weighted by atomic mass is 10.1. The smallest absolute Gasteiger partial charge is 0.307 e. The van der Waals surface area contributed by atoms with Crippen LogP contribution in [0.3, 0.4) is 0 Å². The van der Waals surface area contributed by atoms with Gasteiger partial charge in [-0.15, -0.1) is 12.4 Å². The van der Waals surface area contributed by atoms with E-state index in [0.717, 1.165) is 5.56 Å². The molecule has 0 fully saturated rings. The van der Waals surface area contributed by atoms with Crippen molar-refractivity contribution in [3.8, 4) is 17.2 Å². The first kappa shape index (κ1) is 13.5. The first-order chi connectivity index (χ1) is 10.2. The fraction of sp³-hybridized carbons (Fsp3) is 0.385. The third-order valence-corrected chi connectivity index (χ3v) is 2.33. The van der Waals surface area contributed by atoms with Crippen LogP contribution >= 0.6 is 12.4 Å². The van der Waals surface area contributed by atoms with Gasteiger partial charge >= 0.3 is 6.08 Å². The van der Waals surface area contributed by atoms with E-state index in [2.05, 4.69) is 0 Å². The van der Waals surface area contributed by atoms with Gasteiger partial charge in [-0.2, -0.15) is 8.78 Å². The number of hydrogen-bond donors (Lipinski definition) is 1. The van der Waals surface area contributed by atoms with Gasteiger partial charge in [-0.25, -0.2) is 0 Å². The van der Waals surface area contributed by atoms with E-state index in [-0.39, 0.29) is 29.7 Å². The summed E-state index contributed by atoms with van der Waals surface area (Å²) < 4.78 is 62.1. The molecule has 0 aliphatic heterocycles. The lowest BCUT2D eigenvalue weighted by Crippen LogP contribution is -2.05. The summed E-state index contributed by atoms with van der Waals surface area (Å²) in [7, 11) is 2.61. The third-order valence-electron chi connectivity index (χ3n) is 2.33. The van der Waals surface area contributed by atoms with Crippen molar-refractivity contribution in [1.29, 1.82) is 0 Å². The molecule has 1 aromatic carbocycles. The maximum atomic E-state index is 12.8. The number of hydrogen-bond acceptors (Lipinski definition) is 4. The predicted octanol–water partition coefficient (Wildman–Crippen LogP) is 3.13. The molecule has 0 heterocycles. The topological polar surface area (TPSA) is 53.7 Å². The quantitative estimate of drug-likeness (QED) is 0.820. The molecule has 1 rings (SSSR count). The van der Waals surface area contributed by atoms with Gasteiger partial charge in [-0.05, 0) is 37.5 Å². The zero-order valence-electron chi connectivity index (χ0n) is 14.0. The SMILES string of the molecule is Cl.[2H]C([2H])([2H])C(Oc1c(OC)cc(CCN)cc1OC)=C(F)F. The van der Waals surface area contributed by atoms with Gasteiger partial charge in [0, 0.05) is 4.11 Å². The number of allylic oxidation sites excluding steroid dienone is 1. The fourth-order valence-electron chi connectivity index (χ4n) is 1.49. The molecule has 4 nitrogen and oxygen atoms in total. The van der Waals surface area contributed by atoms with Crippen LogP contribution in [0.4, 0.5) is 8.78 Å². The molecule has 0 atom stereocenters. The van der Waals surface area contributed by atoms with Crippen LogP contribution in [0.15, 0.2) is 24.0 Å². The van der Waals surface area contributed by atoms with E-state index in [9.17, 15) is 8.78 Å². The summed E-state index contributed by atoms with van der Waals surface area (Å²) >= 11 is 0. The summed E-state index contributed by atoms with van der Waals surface area (Å²) in [5.41, 5.74) is 6.20. The average Bonchev–Trinajstić information content (AvgIpc) is 2.43. The van der Waals surface area contributed by atoms with Gasteiger partial charge in [0.05, 0.1) is 14.2 Å². The van der Waals surface area contributed by atoms with Crippen LogP contribution in [-0.2, 0) is 6.42 Å². The largest absolute Gasteiger partial charge is 0.493 e. The fourth-order valence-corrected chi connectivity index (χ4v) is 1.49. The zero-order chi connectivity index (χ0) is 16.9. The van der Waals surface area contributed by atoms with Crippen molar-refractivity contribution in [2.24, 2.45) is 5.73 Å². The van der Waals surface area contributed by atoms with Crippen LogP contribution in [-0.4, -0.2) is 20.8 Å². The van der Waals surface area contributed by atoms with Crippen molar-refractivity contribution in [3.05, 3.63) is 29.5 Å². The molecular formula is C13H18ClF2NO3. The van der Waals surface area contributed by atoms with Crippen LogP contribution in [0.1, 0.15) is 16.5 Å². The monoisotopic (exact) mass is 312 g/mol. The Morgan fingerprint density at radius 2 is 1.80 bits per heavy atom. The maximum absolute atomic E-state index is 12.8. The Balaban J connectivity index is 0.00000484. The summed E-state index contributed by atoms with van der Waals surface area (Å²) in [6, 6.07) is 3.05. The minimum absolute atomic E-state index is 0. The van der Waals surface area contributed by atoms with Gasteiger partial charge in [0.25, 0.3) is 0 Å². The summed E-state index contributed by atoms with van der Waals surface area (Å²) in [5.74, 6) is -1.50. The van der Waals surface area contributed by atoms with Gasteiger partial charge in [-0.3, -0.25) is 0 Å². The van der Waals surface area contributed by atoms with E-state index in [1.807, 2.05) is 0 Å². The molecule has 0 saturated carbocycles. The molecule has 0 aromatic heterocycles. The van der Waals surface area contributed by atoms with Gasteiger partial charge in [0.2, 0.25) is 5.75 Å². The Hall–Kier alpha value is -1.53. The molecule has 1 aromatic rings. The van der Waals surface area contributed by atoms with E-state index in [4.69, 9.17) is 24.1 Å². The summed E-state index contributed by atoms with van der Waals surface area (Å²) in [5, 5.41) is 0. The first-order valence-corrected chi connectivity index (χ1v) is 5.43. The third kappa shape index (κ3) is 4.54. The molecule has 0 unspecified atom stereocenters. The molecule has 0 amide bonds. The minimum atomic E-state index is -3.11. The second-order valence-corrected chi connectivity index (χ2v) is 3.56. The number of rotatable bonds is 6. The predicted molar refractivity (Wildman–Crippen MR) is 75.1 cm³/mol. The van der Waals surface area contributed by atoms with E-state index >= 15 is 0 Å². The molecule has 0 aliphatic carbocycles. The van der Waals surface area contributed by atoms with E-state index in [1.165, 1.54) is 26.4 Å². The highest BCUT2D eigenvalue weighted by molar-refractivity contribution is 5.85. The van der Waals surface area contributed by atoms with Gasteiger partial charge in [-0.1, -0.05) is 0 Å². The molecule has 0 aliphatic rings. The molecule has 0 saturated heterocycles. The Morgan fingerprint density at radius 3 is 2.15 bits per heavy atom. The van der Waals surface area contributed by atoms with Crippen LogP contribution < -0.4 is 19.9 Å². The number of methoxy groups -OCH3 is 2. The van der Waals surface area contributed by atoms with Crippen molar-refractivity contribution in [1.82, 2.24) is 0 Å². The van der Waals surface area contributed by atoms with Gasteiger partial charge in [0.1, 0.15) is 0 Å². The maximum Gasteiger partial charge on any atom is 0.307 e. The molecular weight excluding hydrogens is 292 g/mol. The molecule has 0 radical (unpaired) electrons. The molecule has 2 N–H and O–H groups in total. The second kappa shape index (κ2) is 8.60. The number of benzene rings is 1. The van der Waals surface area contributed by atoms with Crippen LogP contribution in [0.2, 0.25) is 0 Å². The summed E-state index contributed by atoms with van der Waals surface area (Å²) in [6.07, 6.45) is -1.93. The van der Waals surface area contributed by atoms with Crippen molar-refractivity contribution in [2.45, 2.75) is 13.3 Å². The molecule has 0 bridgehead atoms. The van der Waals surface area contributed by atoms with Gasteiger partial charge < -0.3 is 19.9 Å². The lowest BCUT2D eigenvalue weighted by Gasteiger charge is -2.15. The Labute approximate surface area is 127 Å². The number of nitrogens with two attached hydrogens (primary N) is 1. The van der Waals surface area contributed by atoms with E-state index in [0.29, 0.717) is 13.0 Å². The molecule has 114 valence electrons. The van der Waals surface area contributed by atoms with Crippen molar-refractivity contribution in [2.75, 3.05) is 20.8 Å². The summed E-state index contributed by atoms with van der Waals surface area (Å²) in [4.78, 5) is 0. The lowest BCUT2D eigenvalue weighted by molar-refractivity contribution is 0.297. The van der Waals surface area contributed by atoms with E-state index < -0.39 is 18.7 Å². The average molecular weight is 313 g/mol. The normalized spacial score (nSPS) is 12.3. The van der Waals surface area contributed by atoms with Crippen LogP contribution in [0.25, 0.3) is 0 Å². The summed E-state index contributed by atoms with van der Waals surface area (Å²) in [6.45, 7) is -2.74. The highest BCUT2D eigenvalue weighted by Gasteiger charge is 2.16. The van der Waals surface area contributed by atoms with Crippen molar-refractivity contribution >= 4 is 12.4 Å². The molecule has 0 spiro atoms. The van der Waals surface area contributed by atoms with Crippen LogP contribution in [0.5, 0.6) is 17.2 Å². The van der Waals surface area contributed by atoms with Crippen molar-refractivity contribution in [3.63, 3.8) is 0 Å². The molecule has 7 heteroatoms. The Bertz CT molecular complexity index is 539. The van der Waals surface area contributed by atoms with Crippen LogP contribution in [0, 0.1) is 0 Å². The number of halogens is 3. The minimum Gasteiger partial charge on any atom is -0.493 e. The second-order valence-electron chi connectivity index (χ2n) is 3.56. The Morgan fingerprint density at radius 1 is 1.25 bits per heavy atom. The van der Waals surface area contributed by atoms with Gasteiger partial charge in [0.15, 0.2) is 17.3 Å². The Kier molecular flexibility index (Phi) is 5.79. The van der Waals surface area contributed by atoms with E-state index in [1.54, 1.807) is 0 Å². The zero-order valence-corrected chi connectivity index (χ0v) is 11.9. The van der Waals surface area contributed by atoms with Crippen molar-refractivity contribution < 1.29 is 27.1 Å². The standard InChI is InChI=1S/C13H17F2NO3.ClH/c1-8(13(14)15)19-12-10(17-2)6-9(4-5-16)7-11(12)18-3;/h6-7H,4-5,16H2,1-3H3;1H/i1D3;. The molecule has 20 heavy (non-hydrogen) atoms. The number of ether oxygens (including phenoxy) is 3. The highest BCUT2D eigenvalue weighted by atomic mass is 35.5. The highest BCUT2D eigenvalue weighted by Crippen LogP contribution is 2.40. The first-order valence-electron chi connectivity index (χ1n) is 6.93.